The van der Waals surface area contributed by atoms with E-state index in [9.17, 15) is 4.79 Å². The van der Waals surface area contributed by atoms with Gasteiger partial charge in [-0.1, -0.05) is 29.8 Å². The highest BCUT2D eigenvalue weighted by Gasteiger charge is 2.11. The normalized spacial score (nSPS) is 11.3. The van der Waals surface area contributed by atoms with Gasteiger partial charge in [0.15, 0.2) is 0 Å². The Kier molecular flexibility index (Phi) is 4.51. The standard InChI is InChI=1S/C19H13ClN4OS/c20-15-6-2-1-5-14(15)18-22-16-8-7-12(10-17(16)23-18)19(25)24-21-11-13-4-3-9-26-13/h1-11H,(H,22,23)(H,24,25)/b21-11+. The Morgan fingerprint density at radius 1 is 1.19 bits per heavy atom. The van der Waals surface area contributed by atoms with E-state index in [0.29, 0.717) is 16.4 Å². The number of imidazole rings is 1. The fraction of sp³-hybridized carbons (Fsp3) is 0. The average Bonchev–Trinajstić information content (AvgIpc) is 3.30. The fourth-order valence-electron chi connectivity index (χ4n) is 2.52. The number of fused-ring (bicyclic) bond motifs is 1. The molecule has 7 heteroatoms. The number of amides is 1. The van der Waals surface area contributed by atoms with Crippen molar-refractivity contribution in [1.82, 2.24) is 15.4 Å². The van der Waals surface area contributed by atoms with Crippen molar-refractivity contribution in [3.63, 3.8) is 0 Å². The van der Waals surface area contributed by atoms with Gasteiger partial charge < -0.3 is 4.98 Å². The molecule has 0 unspecified atom stereocenters. The van der Waals surface area contributed by atoms with Gasteiger partial charge in [0.2, 0.25) is 0 Å². The number of nitrogens with one attached hydrogen (secondary N) is 2. The van der Waals surface area contributed by atoms with Gasteiger partial charge in [0.05, 0.1) is 22.3 Å². The van der Waals surface area contributed by atoms with Gasteiger partial charge in [-0.25, -0.2) is 10.4 Å². The molecule has 2 N–H and O–H groups in total. The molecule has 0 bridgehead atoms. The predicted molar refractivity (Wildman–Crippen MR) is 106 cm³/mol. The lowest BCUT2D eigenvalue weighted by Gasteiger charge is -1.99. The number of thiophene rings is 1. The number of rotatable bonds is 4. The van der Waals surface area contributed by atoms with Crippen LogP contribution in [0, 0.1) is 0 Å². The summed E-state index contributed by atoms with van der Waals surface area (Å²) >= 11 is 7.78. The first kappa shape index (κ1) is 16.5. The smallest absolute Gasteiger partial charge is 0.271 e. The van der Waals surface area contributed by atoms with Crippen LogP contribution in [0.15, 0.2) is 65.1 Å². The molecule has 2 aromatic carbocycles. The highest BCUT2D eigenvalue weighted by Crippen LogP contribution is 2.27. The third kappa shape index (κ3) is 3.37. The molecule has 2 heterocycles. The van der Waals surface area contributed by atoms with E-state index in [4.69, 9.17) is 11.6 Å². The molecular weight excluding hydrogens is 368 g/mol. The minimum Gasteiger partial charge on any atom is -0.338 e. The molecule has 0 aliphatic rings. The van der Waals surface area contributed by atoms with Crippen LogP contribution in [0.3, 0.4) is 0 Å². The lowest BCUT2D eigenvalue weighted by Crippen LogP contribution is -2.17. The first-order valence-corrected chi connectivity index (χ1v) is 9.08. The van der Waals surface area contributed by atoms with E-state index in [1.807, 2.05) is 41.8 Å². The Labute approximate surface area is 158 Å². The summed E-state index contributed by atoms with van der Waals surface area (Å²) in [5.74, 6) is 0.382. The van der Waals surface area contributed by atoms with Gasteiger partial charge in [0.25, 0.3) is 5.91 Å². The van der Waals surface area contributed by atoms with E-state index >= 15 is 0 Å². The number of H-pyrrole nitrogens is 1. The van der Waals surface area contributed by atoms with Crippen LogP contribution >= 0.6 is 22.9 Å². The number of aromatic nitrogens is 2. The maximum absolute atomic E-state index is 12.3. The molecule has 0 aliphatic heterocycles. The van der Waals surface area contributed by atoms with E-state index in [1.165, 1.54) is 0 Å². The lowest BCUT2D eigenvalue weighted by atomic mass is 10.2. The Morgan fingerprint density at radius 2 is 2.08 bits per heavy atom. The van der Waals surface area contributed by atoms with Crippen LogP contribution in [-0.4, -0.2) is 22.1 Å². The minimum atomic E-state index is -0.284. The van der Waals surface area contributed by atoms with Gasteiger partial charge in [-0.3, -0.25) is 4.79 Å². The van der Waals surface area contributed by atoms with Gasteiger partial charge in [-0.15, -0.1) is 11.3 Å². The van der Waals surface area contributed by atoms with E-state index in [-0.39, 0.29) is 5.91 Å². The first-order valence-electron chi connectivity index (χ1n) is 7.82. The number of halogens is 1. The van der Waals surface area contributed by atoms with Crippen LogP contribution in [-0.2, 0) is 0 Å². The summed E-state index contributed by atoms with van der Waals surface area (Å²) in [5.41, 5.74) is 5.37. The van der Waals surface area contributed by atoms with Crippen molar-refractivity contribution in [3.8, 4) is 11.4 Å². The molecule has 1 amide bonds. The molecule has 4 aromatic rings. The van der Waals surface area contributed by atoms with Crippen molar-refractivity contribution in [2.75, 3.05) is 0 Å². The maximum Gasteiger partial charge on any atom is 0.271 e. The van der Waals surface area contributed by atoms with E-state index in [2.05, 4.69) is 20.5 Å². The molecular formula is C19H13ClN4OS. The van der Waals surface area contributed by atoms with Crippen LogP contribution in [0.1, 0.15) is 15.2 Å². The second-order valence-electron chi connectivity index (χ2n) is 5.51. The molecule has 5 nitrogen and oxygen atoms in total. The van der Waals surface area contributed by atoms with Crippen LogP contribution in [0.5, 0.6) is 0 Å². The number of benzene rings is 2. The minimum absolute atomic E-state index is 0.284. The number of hydrogen-bond donors (Lipinski definition) is 2. The molecule has 0 aliphatic carbocycles. The molecule has 128 valence electrons. The number of carbonyl (C=O) groups is 1. The second kappa shape index (κ2) is 7.11. The van der Waals surface area contributed by atoms with Gasteiger partial charge in [-0.05, 0) is 41.8 Å². The van der Waals surface area contributed by atoms with Gasteiger partial charge in [0, 0.05) is 16.0 Å². The predicted octanol–water partition coefficient (Wildman–Crippen LogP) is 4.71. The molecule has 4 rings (SSSR count). The monoisotopic (exact) mass is 380 g/mol. The van der Waals surface area contributed by atoms with Crippen molar-refractivity contribution < 1.29 is 4.79 Å². The molecule has 0 saturated carbocycles. The first-order chi connectivity index (χ1) is 12.7. The Balaban J connectivity index is 1.57. The van der Waals surface area contributed by atoms with Gasteiger partial charge in [-0.2, -0.15) is 5.10 Å². The molecule has 0 radical (unpaired) electrons. The van der Waals surface area contributed by atoms with Crippen LogP contribution in [0.2, 0.25) is 5.02 Å². The third-order valence-electron chi connectivity index (χ3n) is 3.77. The second-order valence-corrected chi connectivity index (χ2v) is 6.90. The highest BCUT2D eigenvalue weighted by molar-refractivity contribution is 7.11. The summed E-state index contributed by atoms with van der Waals surface area (Å²) in [6.45, 7) is 0. The number of hydrazone groups is 1. The van der Waals surface area contributed by atoms with Crippen molar-refractivity contribution in [1.29, 1.82) is 0 Å². The zero-order chi connectivity index (χ0) is 17.9. The molecule has 26 heavy (non-hydrogen) atoms. The summed E-state index contributed by atoms with van der Waals surface area (Å²) in [7, 11) is 0. The van der Waals surface area contributed by atoms with E-state index in [0.717, 1.165) is 21.5 Å². The van der Waals surface area contributed by atoms with E-state index < -0.39 is 0 Å². The molecule has 0 spiro atoms. The summed E-state index contributed by atoms with van der Waals surface area (Å²) in [6, 6.07) is 16.6. The Hall–Kier alpha value is -2.96. The van der Waals surface area contributed by atoms with Crippen molar-refractivity contribution in [2.24, 2.45) is 5.10 Å². The van der Waals surface area contributed by atoms with Crippen LogP contribution < -0.4 is 5.43 Å². The molecule has 0 fully saturated rings. The zero-order valence-corrected chi connectivity index (χ0v) is 15.0. The third-order valence-corrected chi connectivity index (χ3v) is 4.91. The quantitative estimate of drug-likeness (QED) is 0.397. The molecule has 0 saturated heterocycles. The molecule has 2 aromatic heterocycles. The lowest BCUT2D eigenvalue weighted by molar-refractivity contribution is 0.0955. The van der Waals surface area contributed by atoms with Crippen molar-refractivity contribution in [2.45, 2.75) is 0 Å². The zero-order valence-electron chi connectivity index (χ0n) is 13.4. The average molecular weight is 381 g/mol. The number of nitrogens with zero attached hydrogens (tertiary/aromatic N) is 2. The number of hydrogen-bond acceptors (Lipinski definition) is 4. The summed E-state index contributed by atoms with van der Waals surface area (Å²) < 4.78 is 0. The van der Waals surface area contributed by atoms with Crippen molar-refractivity contribution >= 4 is 46.1 Å². The fourth-order valence-corrected chi connectivity index (χ4v) is 3.33. The van der Waals surface area contributed by atoms with E-state index in [1.54, 1.807) is 35.8 Å². The van der Waals surface area contributed by atoms with Gasteiger partial charge >= 0.3 is 0 Å². The Morgan fingerprint density at radius 3 is 2.88 bits per heavy atom. The maximum atomic E-state index is 12.3. The number of carbonyl (C=O) groups excluding carboxylic acids is 1. The Bertz CT molecular complexity index is 1100. The summed E-state index contributed by atoms with van der Waals surface area (Å²) in [5, 5.41) is 6.55. The largest absolute Gasteiger partial charge is 0.338 e. The van der Waals surface area contributed by atoms with Crippen LogP contribution in [0.25, 0.3) is 22.4 Å². The van der Waals surface area contributed by atoms with Gasteiger partial charge in [0.1, 0.15) is 5.82 Å². The summed E-state index contributed by atoms with van der Waals surface area (Å²) in [6.07, 6.45) is 1.62. The van der Waals surface area contributed by atoms with Crippen molar-refractivity contribution in [3.05, 3.63) is 75.4 Å². The molecule has 0 atom stereocenters. The topological polar surface area (TPSA) is 70.1 Å². The SMILES string of the molecule is O=C(N/N=C/c1cccs1)c1ccc2nc(-c3ccccc3Cl)[nH]c2c1. The summed E-state index contributed by atoms with van der Waals surface area (Å²) in [4.78, 5) is 21.0. The highest BCUT2D eigenvalue weighted by atomic mass is 35.5. The van der Waals surface area contributed by atoms with Crippen LogP contribution in [0.4, 0.5) is 0 Å². The number of aromatic amines is 1.